The highest BCUT2D eigenvalue weighted by atomic mass is 32.2. The van der Waals surface area contributed by atoms with E-state index in [1.54, 1.807) is 13.0 Å². The van der Waals surface area contributed by atoms with Crippen molar-refractivity contribution < 1.29 is 59.7 Å². The molecule has 3 fully saturated rings. The minimum absolute atomic E-state index is 0.00461. The van der Waals surface area contributed by atoms with Crippen LogP contribution >= 0.6 is 0 Å². The summed E-state index contributed by atoms with van der Waals surface area (Å²) >= 11 is 0. The van der Waals surface area contributed by atoms with Gasteiger partial charge in [0, 0.05) is 30.7 Å². The quantitative estimate of drug-likeness (QED) is 0.176. The molecule has 1 aromatic heterocycles. The number of fused-ring (bicyclic) bond motifs is 5. The second-order valence-electron chi connectivity index (χ2n) is 19.4. The van der Waals surface area contributed by atoms with Crippen LogP contribution in [0.3, 0.4) is 0 Å². The SMILES string of the molecule is CC[C@@H]1C[C@H](C)CC/C=C\[C@@H]2C[C@@]2(C(=O)NS(=O)(=O)C2(C)CC2)CC(=O)[C@@H]2C[C@@H](Oc3nc4c(c5cc(OC)c(F)cc35)CCCO4)CN2C(=O)[C@H]1CC(=O)OC(C)(C)C(C)(F)F. The second kappa shape index (κ2) is 17.2. The number of esters is 1. The molecule has 1 aromatic carbocycles. The number of hydrogen-bond donors (Lipinski definition) is 1. The van der Waals surface area contributed by atoms with Crippen molar-refractivity contribution in [3.05, 3.63) is 35.7 Å². The number of ether oxygens (including phenoxy) is 4. The summed E-state index contributed by atoms with van der Waals surface area (Å²) in [5.74, 6) is -8.51. The van der Waals surface area contributed by atoms with Gasteiger partial charge in [0.1, 0.15) is 6.10 Å². The average Bonchev–Trinajstić information content (AvgIpc) is 4.09. The van der Waals surface area contributed by atoms with Gasteiger partial charge in [-0.2, -0.15) is 4.98 Å². The molecule has 2 amide bonds. The summed E-state index contributed by atoms with van der Waals surface area (Å²) in [5, 5.41) is 0.923. The predicted molar refractivity (Wildman–Crippen MR) is 226 cm³/mol. The van der Waals surface area contributed by atoms with Crippen molar-refractivity contribution in [1.82, 2.24) is 14.6 Å². The molecule has 17 heteroatoms. The predicted octanol–water partition coefficient (Wildman–Crippen LogP) is 7.41. The topological polar surface area (TPSA) is 168 Å². The van der Waals surface area contributed by atoms with Gasteiger partial charge in [0.05, 0.1) is 48.8 Å². The van der Waals surface area contributed by atoms with Crippen molar-refractivity contribution in [3.8, 4) is 17.5 Å². The first-order chi connectivity index (χ1) is 29.5. The number of rotatable bonds is 11. The van der Waals surface area contributed by atoms with E-state index in [-0.39, 0.29) is 43.4 Å². The van der Waals surface area contributed by atoms with Crippen molar-refractivity contribution in [2.24, 2.45) is 29.1 Å². The van der Waals surface area contributed by atoms with E-state index in [1.807, 2.05) is 26.0 Å². The fourth-order valence-electron chi connectivity index (χ4n) is 9.44. The smallest absolute Gasteiger partial charge is 0.307 e. The van der Waals surface area contributed by atoms with Crippen molar-refractivity contribution in [3.63, 3.8) is 0 Å². The van der Waals surface area contributed by atoms with E-state index in [4.69, 9.17) is 18.9 Å². The summed E-state index contributed by atoms with van der Waals surface area (Å²) in [5.41, 5.74) is -2.84. The summed E-state index contributed by atoms with van der Waals surface area (Å²) < 4.78 is 95.4. The Morgan fingerprint density at radius 1 is 1.11 bits per heavy atom. The van der Waals surface area contributed by atoms with Crippen molar-refractivity contribution >= 4 is 44.4 Å². The van der Waals surface area contributed by atoms with Crippen LogP contribution in [0.15, 0.2) is 24.3 Å². The first-order valence-corrected chi connectivity index (χ1v) is 23.7. The number of ketones is 1. The zero-order valence-electron chi connectivity index (χ0n) is 37.2. The van der Waals surface area contributed by atoms with Gasteiger partial charge in [-0.1, -0.05) is 32.4 Å². The number of carbonyl (C=O) groups excluding carboxylic acids is 4. The third-order valence-corrected chi connectivity index (χ3v) is 16.5. The zero-order valence-corrected chi connectivity index (χ0v) is 38.0. The molecule has 63 heavy (non-hydrogen) atoms. The number of aromatic nitrogens is 1. The third kappa shape index (κ3) is 9.27. The number of sulfonamides is 1. The minimum Gasteiger partial charge on any atom is -0.494 e. The lowest BCUT2D eigenvalue weighted by molar-refractivity contribution is -0.197. The number of nitrogens with zero attached hydrogens (tertiary/aromatic N) is 2. The Morgan fingerprint density at radius 3 is 2.51 bits per heavy atom. The van der Waals surface area contributed by atoms with Gasteiger partial charge in [0.25, 0.3) is 5.92 Å². The number of benzene rings is 1. The molecular formula is C46H60F3N3O10S. The van der Waals surface area contributed by atoms with E-state index in [0.717, 1.165) is 19.4 Å². The molecule has 1 saturated heterocycles. The molecule has 2 aliphatic carbocycles. The van der Waals surface area contributed by atoms with Gasteiger partial charge in [0.15, 0.2) is 23.0 Å². The van der Waals surface area contributed by atoms with E-state index < -0.39 is 97.4 Å². The fourth-order valence-corrected chi connectivity index (χ4v) is 10.8. The second-order valence-corrected chi connectivity index (χ2v) is 21.6. The summed E-state index contributed by atoms with van der Waals surface area (Å²) in [7, 11) is -2.69. The van der Waals surface area contributed by atoms with Crippen LogP contribution in [0.2, 0.25) is 0 Å². The fraction of sp³-hybridized carbons (Fsp3) is 0.674. The van der Waals surface area contributed by atoms with E-state index >= 15 is 9.18 Å². The zero-order chi connectivity index (χ0) is 45.9. The summed E-state index contributed by atoms with van der Waals surface area (Å²) in [6, 6.07) is 1.60. The maximum atomic E-state index is 15.3. The molecule has 3 aliphatic heterocycles. The number of aryl methyl sites for hydroxylation is 1. The number of methoxy groups -OCH3 is 1. The van der Waals surface area contributed by atoms with Gasteiger partial charge in [-0.25, -0.2) is 21.6 Å². The van der Waals surface area contributed by atoms with Crippen LogP contribution in [0.25, 0.3) is 10.8 Å². The lowest BCUT2D eigenvalue weighted by Crippen LogP contribution is -2.49. The first-order valence-electron chi connectivity index (χ1n) is 22.2. The van der Waals surface area contributed by atoms with Gasteiger partial charge in [-0.05, 0) is 107 Å². The van der Waals surface area contributed by atoms with Gasteiger partial charge in [0.2, 0.25) is 33.6 Å². The number of carbonyl (C=O) groups is 4. The minimum atomic E-state index is -4.05. The number of nitrogens with one attached hydrogen (secondary N) is 1. The van der Waals surface area contributed by atoms with Crippen LogP contribution in [0.1, 0.15) is 118 Å². The highest BCUT2D eigenvalue weighted by Gasteiger charge is 2.63. The summed E-state index contributed by atoms with van der Waals surface area (Å²) in [4.78, 5) is 63.8. The van der Waals surface area contributed by atoms with Crippen LogP contribution in [0.5, 0.6) is 17.5 Å². The summed E-state index contributed by atoms with van der Waals surface area (Å²) in [6.07, 6.45) is 6.46. The number of hydrogen-bond acceptors (Lipinski definition) is 11. The van der Waals surface area contributed by atoms with Gasteiger partial charge >= 0.3 is 5.97 Å². The van der Waals surface area contributed by atoms with E-state index in [9.17, 15) is 31.6 Å². The Hall–Kier alpha value is -4.41. The Balaban J connectivity index is 1.27. The maximum absolute atomic E-state index is 15.3. The molecule has 0 unspecified atom stereocenters. The highest BCUT2D eigenvalue weighted by Crippen LogP contribution is 2.58. The van der Waals surface area contributed by atoms with Gasteiger partial charge in [-0.15, -0.1) is 0 Å². The number of halogens is 3. The number of allylic oxidation sites excluding steroid dienone is 2. The maximum Gasteiger partial charge on any atom is 0.307 e. The van der Waals surface area contributed by atoms with Crippen LogP contribution in [-0.4, -0.2) is 90.5 Å². The molecule has 4 heterocycles. The van der Waals surface area contributed by atoms with Crippen molar-refractivity contribution in [2.45, 2.75) is 147 Å². The van der Waals surface area contributed by atoms with Crippen molar-refractivity contribution in [1.29, 1.82) is 0 Å². The van der Waals surface area contributed by atoms with E-state index in [2.05, 4.69) is 9.71 Å². The number of amides is 2. The Kier molecular flexibility index (Phi) is 12.7. The van der Waals surface area contributed by atoms with Crippen LogP contribution in [-0.2, 0) is 40.4 Å². The van der Waals surface area contributed by atoms with Crippen LogP contribution in [0.4, 0.5) is 13.2 Å². The normalized spacial score (nSPS) is 29.2. The lowest BCUT2D eigenvalue weighted by Gasteiger charge is -2.35. The van der Waals surface area contributed by atoms with Crippen LogP contribution in [0, 0.1) is 34.9 Å². The Bertz CT molecular complexity index is 2290. The molecule has 0 spiro atoms. The van der Waals surface area contributed by atoms with Crippen LogP contribution < -0.4 is 18.9 Å². The number of alkyl halides is 2. The van der Waals surface area contributed by atoms with Crippen molar-refractivity contribution in [2.75, 3.05) is 20.3 Å². The first kappa shape index (κ1) is 46.6. The monoisotopic (exact) mass is 903 g/mol. The van der Waals surface area contributed by atoms with Gasteiger partial charge in [-0.3, -0.25) is 23.9 Å². The molecule has 0 bridgehead atoms. The third-order valence-electron chi connectivity index (χ3n) is 14.3. The van der Waals surface area contributed by atoms with E-state index in [1.165, 1.54) is 18.1 Å². The summed E-state index contributed by atoms with van der Waals surface area (Å²) in [6.45, 7) is 8.55. The molecule has 346 valence electrons. The Labute approximate surface area is 367 Å². The highest BCUT2D eigenvalue weighted by molar-refractivity contribution is 7.91. The molecule has 13 nitrogen and oxygen atoms in total. The lowest BCUT2D eigenvalue weighted by atomic mass is 9.79. The molecule has 2 aromatic rings. The molecule has 1 N–H and O–H groups in total. The molecule has 2 saturated carbocycles. The molecule has 7 atom stereocenters. The number of pyridine rings is 1. The standard InChI is InChI=1S/C46H60F3N3O10S/c1-8-27-18-26(2)12-9-10-13-28-23-46(28,42(56)51-63(57,58)44(5)15-16-44)24-36(53)35-19-29(25-52(35)41(55)31(27)22-38(54)62-43(3,4)45(6,48)49)61-40-33-20-34(47)37(59-7)21-32(33)30-14-11-17-60-39(30)50-40/h10,13,20-21,26-29,31,35H,8-9,11-12,14-19,22-25H2,1-7H3,(H,51,56)/b13-10-/t26-,27-,28-,29-,31+,35+,46-/m1/s1. The van der Waals surface area contributed by atoms with E-state index in [0.29, 0.717) is 81.5 Å². The molecule has 0 radical (unpaired) electrons. The largest absolute Gasteiger partial charge is 0.494 e. The molecule has 5 aliphatic rings. The van der Waals surface area contributed by atoms with Gasteiger partial charge < -0.3 is 23.8 Å². The Morgan fingerprint density at radius 2 is 1.84 bits per heavy atom. The molecular weight excluding hydrogens is 844 g/mol. The average molecular weight is 904 g/mol. The number of Topliss-reactive ketones (excluding diaryl/α,β-unsaturated/α-hetero) is 1. The molecule has 7 rings (SSSR count).